The van der Waals surface area contributed by atoms with Crippen molar-refractivity contribution in [1.29, 1.82) is 5.26 Å². The van der Waals surface area contributed by atoms with Crippen molar-refractivity contribution in [2.75, 3.05) is 46.4 Å². The van der Waals surface area contributed by atoms with Gasteiger partial charge in [0.2, 0.25) is 23.6 Å². The summed E-state index contributed by atoms with van der Waals surface area (Å²) in [5.74, 6) is -2.53. The van der Waals surface area contributed by atoms with Gasteiger partial charge in [-0.05, 0) is 95.2 Å². The van der Waals surface area contributed by atoms with E-state index in [1.807, 2.05) is 30.3 Å². The second-order valence-electron chi connectivity index (χ2n) is 17.0. The van der Waals surface area contributed by atoms with E-state index in [-0.39, 0.29) is 63.2 Å². The molecule has 350 valence electrons. The minimum Gasteiger partial charge on any atom is -0.492 e. The molecule has 0 aliphatic carbocycles. The monoisotopic (exact) mass is 966 g/mol. The predicted octanol–water partition coefficient (Wildman–Crippen LogP) is 3.29. The summed E-state index contributed by atoms with van der Waals surface area (Å²) in [7, 11) is 1.42. The molecule has 0 saturated carbocycles. The fourth-order valence-corrected chi connectivity index (χ4v) is 8.05. The van der Waals surface area contributed by atoms with Crippen molar-refractivity contribution >= 4 is 45.5 Å². The summed E-state index contributed by atoms with van der Waals surface area (Å²) in [6, 6.07) is 16.8. The van der Waals surface area contributed by atoms with E-state index in [1.165, 1.54) is 18.9 Å². The first-order valence-corrected chi connectivity index (χ1v) is 22.5. The molecule has 4 bridgehead atoms. The minimum atomic E-state index is -1.40. The first-order chi connectivity index (χ1) is 31.4. The van der Waals surface area contributed by atoms with E-state index in [1.54, 1.807) is 49.4 Å². The van der Waals surface area contributed by atoms with Crippen LogP contribution < -0.4 is 47.9 Å². The van der Waals surface area contributed by atoms with Crippen molar-refractivity contribution in [3.8, 4) is 40.0 Å². The molecule has 0 saturated heterocycles. The number of pyridine rings is 1. The van der Waals surface area contributed by atoms with Crippen LogP contribution in [0.1, 0.15) is 72.9 Å². The topological polar surface area (TPSA) is 270 Å². The number of carbonyl (C=O) groups excluding carboxylic acids is 5. The minimum absolute atomic E-state index is 0.00275. The molecule has 4 atom stereocenters. The molecule has 5 amide bonds. The first kappa shape index (κ1) is 50.6. The third kappa shape index (κ3) is 12.3. The Morgan fingerprint density at radius 2 is 1.56 bits per heavy atom. The lowest BCUT2D eigenvalue weighted by molar-refractivity contribution is -0.141. The van der Waals surface area contributed by atoms with E-state index in [0.717, 1.165) is 11.1 Å². The second-order valence-corrected chi connectivity index (χ2v) is 17.8. The van der Waals surface area contributed by atoms with Gasteiger partial charge in [-0.3, -0.25) is 29.0 Å². The van der Waals surface area contributed by atoms with E-state index < -0.39 is 53.7 Å². The quantitative estimate of drug-likeness (QED) is 0.0847. The smallest absolute Gasteiger partial charge is 0.253 e. The summed E-state index contributed by atoms with van der Waals surface area (Å²) in [4.78, 5) is 76.4. The molecule has 1 aromatic heterocycles. The van der Waals surface area contributed by atoms with Crippen molar-refractivity contribution in [2.24, 2.45) is 17.2 Å². The molecule has 3 aromatic carbocycles. The summed E-state index contributed by atoms with van der Waals surface area (Å²) in [5, 5.41) is 19.9. The van der Waals surface area contributed by atoms with Gasteiger partial charge in [-0.2, -0.15) is 5.26 Å². The van der Waals surface area contributed by atoms with Crippen LogP contribution in [0.2, 0.25) is 0 Å². The number of carbonyl (C=O) groups is 5. The van der Waals surface area contributed by atoms with Gasteiger partial charge < -0.3 is 52.8 Å². The van der Waals surface area contributed by atoms with Crippen LogP contribution in [-0.4, -0.2) is 104 Å². The maximum Gasteiger partial charge on any atom is 0.253 e. The van der Waals surface area contributed by atoms with Crippen LogP contribution >= 0.6 is 15.9 Å². The van der Waals surface area contributed by atoms with E-state index in [0.29, 0.717) is 49.6 Å². The third-order valence-electron chi connectivity index (χ3n) is 11.0. The van der Waals surface area contributed by atoms with Gasteiger partial charge in [-0.15, -0.1) is 0 Å². The highest BCUT2D eigenvalue weighted by Crippen LogP contribution is 2.40. The number of aryl methyl sites for hydroxylation is 1. The van der Waals surface area contributed by atoms with Crippen LogP contribution in [0.15, 0.2) is 71.2 Å². The Labute approximate surface area is 393 Å². The molecular weight excluding hydrogens is 908 g/mol. The van der Waals surface area contributed by atoms with Gasteiger partial charge in [-0.25, -0.2) is 0 Å². The maximum absolute atomic E-state index is 14.7. The van der Waals surface area contributed by atoms with Gasteiger partial charge in [0, 0.05) is 47.7 Å². The second kappa shape index (κ2) is 22.7. The number of nitriles is 1. The SMILES string of the molecule is Cc1nc(-c2ccc(C(C)(C)C)cc2)c(Br)cc1C(=O)NC(CCN)C(=O)N(C)C1C(=O)NC(C)C(=O)NC(C(=O)NCC#N)Cc2ccc(OCCN)c(c2)-c2cc1ccc2OCCN. The van der Waals surface area contributed by atoms with Crippen molar-refractivity contribution in [3.05, 3.63) is 99.2 Å². The number of fused-ring (bicyclic) bond motifs is 5. The molecule has 0 radical (unpaired) electrons. The largest absolute Gasteiger partial charge is 0.492 e. The number of benzene rings is 3. The molecule has 10 N–H and O–H groups in total. The highest BCUT2D eigenvalue weighted by molar-refractivity contribution is 9.10. The summed E-state index contributed by atoms with van der Waals surface area (Å²) in [5.41, 5.74) is 22.8. The lowest BCUT2D eigenvalue weighted by Crippen LogP contribution is -2.56. The Bertz CT molecular complexity index is 2470. The predicted molar refractivity (Wildman–Crippen MR) is 254 cm³/mol. The number of nitrogens with one attached hydrogen (secondary N) is 4. The number of hydrogen-bond acceptors (Lipinski definition) is 12. The molecule has 4 unspecified atom stereocenters. The van der Waals surface area contributed by atoms with Crippen molar-refractivity contribution in [1.82, 2.24) is 31.2 Å². The molecule has 17 nitrogen and oxygen atoms in total. The Morgan fingerprint density at radius 1 is 0.924 bits per heavy atom. The lowest BCUT2D eigenvalue weighted by Gasteiger charge is -2.32. The van der Waals surface area contributed by atoms with E-state index in [4.69, 9.17) is 36.9 Å². The summed E-state index contributed by atoms with van der Waals surface area (Å²) in [6.07, 6.45) is 0.0116. The zero-order valence-electron chi connectivity index (χ0n) is 38.1. The van der Waals surface area contributed by atoms with Crippen LogP contribution in [0.4, 0.5) is 0 Å². The Kier molecular flexibility index (Phi) is 17.4. The molecule has 5 rings (SSSR count). The molecule has 0 spiro atoms. The molecule has 4 aromatic rings. The van der Waals surface area contributed by atoms with Gasteiger partial charge in [-0.1, -0.05) is 57.2 Å². The highest BCUT2D eigenvalue weighted by Gasteiger charge is 2.36. The van der Waals surface area contributed by atoms with E-state index in [9.17, 15) is 24.0 Å². The number of likely N-dealkylation sites (N-methyl/N-ethyl adjacent to an activating group) is 1. The summed E-state index contributed by atoms with van der Waals surface area (Å²) < 4.78 is 12.8. The third-order valence-corrected chi connectivity index (χ3v) is 11.7. The molecular formula is C48H59BrN10O7. The zero-order chi connectivity index (χ0) is 48.3. The van der Waals surface area contributed by atoms with Gasteiger partial charge in [0.1, 0.15) is 55.4 Å². The lowest BCUT2D eigenvalue weighted by atomic mass is 9.86. The molecule has 66 heavy (non-hydrogen) atoms. The van der Waals surface area contributed by atoms with Crippen LogP contribution in [0, 0.1) is 18.3 Å². The molecule has 1 aliphatic heterocycles. The number of hydrogen-bond donors (Lipinski definition) is 7. The Morgan fingerprint density at radius 3 is 2.17 bits per heavy atom. The van der Waals surface area contributed by atoms with Crippen molar-refractivity contribution < 1.29 is 33.4 Å². The Balaban J connectivity index is 1.57. The fourth-order valence-electron chi connectivity index (χ4n) is 7.51. The average molecular weight is 968 g/mol. The van der Waals surface area contributed by atoms with Crippen molar-refractivity contribution in [3.63, 3.8) is 0 Å². The molecule has 2 heterocycles. The number of nitrogens with two attached hydrogens (primary N) is 3. The van der Waals surface area contributed by atoms with E-state index >= 15 is 0 Å². The number of halogens is 1. The normalized spacial score (nSPS) is 16.7. The number of rotatable bonds is 15. The number of aromatic nitrogens is 1. The van der Waals surface area contributed by atoms with Crippen LogP contribution in [0.25, 0.3) is 22.4 Å². The summed E-state index contributed by atoms with van der Waals surface area (Å²) in [6.45, 7) is 9.93. The van der Waals surface area contributed by atoms with Crippen LogP contribution in [0.3, 0.4) is 0 Å². The van der Waals surface area contributed by atoms with Gasteiger partial charge in [0.15, 0.2) is 0 Å². The van der Waals surface area contributed by atoms with Crippen LogP contribution in [0.5, 0.6) is 11.5 Å². The maximum atomic E-state index is 14.7. The Hall–Kier alpha value is -6.39. The zero-order valence-corrected chi connectivity index (χ0v) is 39.7. The van der Waals surface area contributed by atoms with Gasteiger partial charge >= 0.3 is 0 Å². The average Bonchev–Trinajstić information content (AvgIpc) is 3.29. The number of ether oxygens (including phenoxy) is 2. The number of amides is 5. The van der Waals surface area contributed by atoms with Crippen LogP contribution in [-0.2, 0) is 31.0 Å². The molecule has 1 aliphatic rings. The van der Waals surface area contributed by atoms with Crippen molar-refractivity contribution in [2.45, 2.75) is 77.0 Å². The van der Waals surface area contributed by atoms with Gasteiger partial charge in [0.25, 0.3) is 5.91 Å². The fraction of sp³-hybridized carbons (Fsp3) is 0.396. The molecule has 0 fully saturated rings. The first-order valence-electron chi connectivity index (χ1n) is 21.7. The number of nitrogens with zero attached hydrogens (tertiary/aromatic N) is 3. The van der Waals surface area contributed by atoms with E-state index in [2.05, 4.69) is 58.0 Å². The highest BCUT2D eigenvalue weighted by atomic mass is 79.9. The van der Waals surface area contributed by atoms with Gasteiger partial charge in [0.05, 0.1) is 23.0 Å². The standard InChI is InChI=1S/C48H59BrN10O7/c1-27-33(26-36(49)41(55-27)30-8-11-32(12-9-30)48(3,4)5)44(61)57-37(15-16-50)47(64)59(6)42-31-10-14-40(66-22-19-53)35(25-31)34-23-29(7-13-39(34)65-21-18-52)24-38(45(62)54-20-17-51)58-43(60)28(2)56-46(42)63/h7-14,23,25-26,28,37-38,42H,15-16,18-22,24,50,52-53H2,1-6H3,(H,54,62)(H,56,63)(H,57,61)(H,58,60). The molecule has 18 heteroatoms. The summed E-state index contributed by atoms with van der Waals surface area (Å²) >= 11 is 3.60.